The Morgan fingerprint density at radius 3 is 2.52 bits per heavy atom. The van der Waals surface area contributed by atoms with Gasteiger partial charge in [0.1, 0.15) is 5.69 Å². The van der Waals surface area contributed by atoms with Crippen LogP contribution in [0.15, 0.2) is 30.3 Å². The SMILES string of the molecule is CCN1CC2CN(C(=O)c3cc4ccccc4n3C)CC(C1)O2. The number of carbonyl (C=O) groups is 1. The van der Waals surface area contributed by atoms with Gasteiger partial charge < -0.3 is 14.2 Å². The smallest absolute Gasteiger partial charge is 0.270 e. The minimum Gasteiger partial charge on any atom is -0.369 e. The lowest BCUT2D eigenvalue weighted by molar-refractivity contribution is -0.129. The van der Waals surface area contributed by atoms with E-state index in [1.54, 1.807) is 0 Å². The summed E-state index contributed by atoms with van der Waals surface area (Å²) in [5.41, 5.74) is 1.86. The number of morpholine rings is 2. The Morgan fingerprint density at radius 2 is 1.87 bits per heavy atom. The summed E-state index contributed by atoms with van der Waals surface area (Å²) in [5.74, 6) is 0.118. The number of rotatable bonds is 2. The van der Waals surface area contributed by atoms with Crippen LogP contribution in [0.1, 0.15) is 17.4 Å². The number of ether oxygens (including phenoxy) is 1. The lowest BCUT2D eigenvalue weighted by atomic mass is 10.1. The number of para-hydroxylation sites is 1. The van der Waals surface area contributed by atoms with Crippen LogP contribution in [0.5, 0.6) is 0 Å². The molecule has 2 atom stereocenters. The summed E-state index contributed by atoms with van der Waals surface area (Å²) in [7, 11) is 1.97. The molecule has 0 radical (unpaired) electrons. The fourth-order valence-electron chi connectivity index (χ4n) is 3.86. The average molecular weight is 313 g/mol. The minimum absolute atomic E-state index is 0.118. The summed E-state index contributed by atoms with van der Waals surface area (Å²) in [5, 5.41) is 1.11. The molecule has 2 aromatic rings. The van der Waals surface area contributed by atoms with Crippen molar-refractivity contribution in [2.45, 2.75) is 19.1 Å². The number of amides is 1. The van der Waals surface area contributed by atoms with E-state index in [-0.39, 0.29) is 18.1 Å². The van der Waals surface area contributed by atoms with Gasteiger partial charge in [0.25, 0.3) is 5.91 Å². The lowest BCUT2D eigenvalue weighted by Crippen LogP contribution is -2.60. The molecule has 1 aromatic heterocycles. The zero-order chi connectivity index (χ0) is 16.0. The van der Waals surface area contributed by atoms with Crippen molar-refractivity contribution in [1.29, 1.82) is 0 Å². The Hall–Kier alpha value is -1.85. The summed E-state index contributed by atoms with van der Waals surface area (Å²) < 4.78 is 8.02. The molecule has 0 aliphatic carbocycles. The monoisotopic (exact) mass is 313 g/mol. The van der Waals surface area contributed by atoms with Gasteiger partial charge in [-0.2, -0.15) is 0 Å². The lowest BCUT2D eigenvalue weighted by Gasteiger charge is -2.45. The van der Waals surface area contributed by atoms with E-state index >= 15 is 0 Å². The Bertz CT molecular complexity index is 725. The molecule has 2 saturated heterocycles. The van der Waals surface area contributed by atoms with Crippen molar-refractivity contribution in [3.8, 4) is 0 Å². The second-order valence-electron chi connectivity index (χ2n) is 6.59. The molecule has 122 valence electrons. The van der Waals surface area contributed by atoms with Gasteiger partial charge in [0.2, 0.25) is 0 Å². The summed E-state index contributed by atoms with van der Waals surface area (Å²) in [6, 6.07) is 10.1. The van der Waals surface area contributed by atoms with Crippen LogP contribution in [0.25, 0.3) is 10.9 Å². The number of hydrogen-bond acceptors (Lipinski definition) is 3. The summed E-state index contributed by atoms with van der Waals surface area (Å²) in [6.07, 6.45) is 0.280. The van der Waals surface area contributed by atoms with Crippen molar-refractivity contribution < 1.29 is 9.53 Å². The molecular formula is C18H23N3O2. The maximum Gasteiger partial charge on any atom is 0.270 e. The molecule has 23 heavy (non-hydrogen) atoms. The van der Waals surface area contributed by atoms with E-state index < -0.39 is 0 Å². The fraction of sp³-hybridized carbons (Fsp3) is 0.500. The Morgan fingerprint density at radius 1 is 1.17 bits per heavy atom. The van der Waals surface area contributed by atoms with Crippen LogP contribution in [0.2, 0.25) is 0 Å². The quantitative estimate of drug-likeness (QED) is 0.847. The molecule has 2 bridgehead atoms. The molecule has 0 saturated carbocycles. The van der Waals surface area contributed by atoms with Crippen molar-refractivity contribution in [2.75, 3.05) is 32.7 Å². The van der Waals surface area contributed by atoms with Gasteiger partial charge in [0, 0.05) is 44.1 Å². The Labute approximate surface area is 136 Å². The molecule has 5 nitrogen and oxygen atoms in total. The van der Waals surface area contributed by atoms with E-state index in [0.29, 0.717) is 13.1 Å². The molecule has 5 heteroatoms. The topological polar surface area (TPSA) is 37.7 Å². The first-order valence-electron chi connectivity index (χ1n) is 8.37. The highest BCUT2D eigenvalue weighted by Gasteiger charge is 2.36. The normalized spacial score (nSPS) is 25.0. The summed E-state index contributed by atoms with van der Waals surface area (Å²) in [6.45, 7) is 6.45. The molecule has 0 spiro atoms. The Kier molecular flexibility index (Phi) is 3.62. The first-order chi connectivity index (χ1) is 11.2. The first-order valence-corrected chi connectivity index (χ1v) is 8.37. The summed E-state index contributed by atoms with van der Waals surface area (Å²) >= 11 is 0. The predicted octanol–water partition coefficient (Wildman–Crippen LogP) is 1.72. The number of fused-ring (bicyclic) bond motifs is 3. The van der Waals surface area contributed by atoms with Crippen LogP contribution in [0.4, 0.5) is 0 Å². The highest BCUT2D eigenvalue weighted by Crippen LogP contribution is 2.23. The standard InChI is InChI=1S/C18H23N3O2/c1-3-20-9-14-11-21(12-15(10-20)23-14)18(22)17-8-13-6-4-5-7-16(13)19(17)2/h4-8,14-15H,3,9-12H2,1-2H3. The molecular weight excluding hydrogens is 290 g/mol. The van der Waals surface area contributed by atoms with Crippen LogP contribution in [-0.4, -0.2) is 65.2 Å². The molecule has 2 aliphatic heterocycles. The molecule has 0 N–H and O–H groups in total. The van der Waals surface area contributed by atoms with Crippen molar-refractivity contribution in [3.05, 3.63) is 36.0 Å². The van der Waals surface area contributed by atoms with E-state index in [9.17, 15) is 4.79 Å². The van der Waals surface area contributed by atoms with Crippen LogP contribution in [0, 0.1) is 0 Å². The number of aromatic nitrogens is 1. The highest BCUT2D eigenvalue weighted by atomic mass is 16.5. The van der Waals surface area contributed by atoms with Gasteiger partial charge in [0.05, 0.1) is 12.2 Å². The van der Waals surface area contributed by atoms with E-state index in [4.69, 9.17) is 4.74 Å². The van der Waals surface area contributed by atoms with Gasteiger partial charge in [-0.05, 0) is 18.7 Å². The second-order valence-corrected chi connectivity index (χ2v) is 6.59. The molecule has 1 amide bonds. The van der Waals surface area contributed by atoms with Crippen LogP contribution >= 0.6 is 0 Å². The maximum absolute atomic E-state index is 13.0. The van der Waals surface area contributed by atoms with E-state index in [2.05, 4.69) is 24.0 Å². The van der Waals surface area contributed by atoms with Gasteiger partial charge in [-0.3, -0.25) is 9.69 Å². The number of hydrogen-bond donors (Lipinski definition) is 0. The molecule has 2 unspecified atom stereocenters. The molecule has 1 aromatic carbocycles. The zero-order valence-corrected chi connectivity index (χ0v) is 13.7. The average Bonchev–Trinajstić information content (AvgIpc) is 2.90. The van der Waals surface area contributed by atoms with Crippen molar-refractivity contribution in [2.24, 2.45) is 7.05 Å². The third kappa shape index (κ3) is 2.54. The van der Waals surface area contributed by atoms with Gasteiger partial charge in [-0.1, -0.05) is 25.1 Å². The maximum atomic E-state index is 13.0. The van der Waals surface area contributed by atoms with Gasteiger partial charge in [0.15, 0.2) is 0 Å². The third-order valence-electron chi connectivity index (χ3n) is 5.06. The number of aryl methyl sites for hydroxylation is 1. The number of benzene rings is 1. The van der Waals surface area contributed by atoms with Gasteiger partial charge in [-0.25, -0.2) is 0 Å². The second kappa shape index (κ2) is 5.65. The van der Waals surface area contributed by atoms with E-state index in [0.717, 1.165) is 36.2 Å². The number of nitrogens with zero attached hydrogens (tertiary/aromatic N) is 3. The zero-order valence-electron chi connectivity index (χ0n) is 13.7. The molecule has 4 rings (SSSR count). The molecule has 2 aliphatic rings. The van der Waals surface area contributed by atoms with E-state index in [1.165, 1.54) is 0 Å². The number of likely N-dealkylation sites (N-methyl/N-ethyl adjacent to an activating group) is 1. The summed E-state index contributed by atoms with van der Waals surface area (Å²) in [4.78, 5) is 17.4. The van der Waals surface area contributed by atoms with Crippen LogP contribution in [0.3, 0.4) is 0 Å². The van der Waals surface area contributed by atoms with Crippen LogP contribution in [-0.2, 0) is 11.8 Å². The van der Waals surface area contributed by atoms with Crippen LogP contribution < -0.4 is 0 Å². The van der Waals surface area contributed by atoms with Crippen molar-refractivity contribution in [1.82, 2.24) is 14.4 Å². The van der Waals surface area contributed by atoms with Crippen molar-refractivity contribution >= 4 is 16.8 Å². The third-order valence-corrected chi connectivity index (χ3v) is 5.06. The van der Waals surface area contributed by atoms with E-state index in [1.807, 2.05) is 34.7 Å². The minimum atomic E-state index is 0.118. The molecule has 2 fully saturated rings. The highest BCUT2D eigenvalue weighted by molar-refractivity contribution is 5.98. The van der Waals surface area contributed by atoms with Gasteiger partial charge >= 0.3 is 0 Å². The predicted molar refractivity (Wildman–Crippen MR) is 89.6 cm³/mol. The Balaban J connectivity index is 1.58. The van der Waals surface area contributed by atoms with Gasteiger partial charge in [-0.15, -0.1) is 0 Å². The molecule has 3 heterocycles. The largest absolute Gasteiger partial charge is 0.369 e. The first kappa shape index (κ1) is 14.7. The number of carbonyl (C=O) groups excluding carboxylic acids is 1. The van der Waals surface area contributed by atoms with Crippen molar-refractivity contribution in [3.63, 3.8) is 0 Å². The fourth-order valence-corrected chi connectivity index (χ4v) is 3.86.